The third-order valence-electron chi connectivity index (χ3n) is 5.52. The van der Waals surface area contributed by atoms with Gasteiger partial charge in [0, 0.05) is 6.42 Å². The average Bonchev–Trinajstić information content (AvgIpc) is 3.43. The molecule has 10 nitrogen and oxygen atoms in total. The number of ketones is 1. The molecule has 220 valence electrons. The van der Waals surface area contributed by atoms with Crippen LogP contribution in [0.1, 0.15) is 87.0 Å². The van der Waals surface area contributed by atoms with Gasteiger partial charge < -0.3 is 19.9 Å². The number of ether oxygens (including phenoxy) is 2. The summed E-state index contributed by atoms with van der Waals surface area (Å²) in [6, 6.07) is -1.67. The van der Waals surface area contributed by atoms with Gasteiger partial charge in [0.15, 0.2) is 5.78 Å². The Morgan fingerprint density at radius 3 is 1.90 bits per heavy atom. The number of aliphatic carboxylic acids is 1. The number of rotatable bonds is 9. The Morgan fingerprint density at radius 2 is 1.49 bits per heavy atom. The molecular formula is C26H37F3N2O8. The Labute approximate surface area is 225 Å². The second-order valence-electron chi connectivity index (χ2n) is 11.3. The lowest BCUT2D eigenvalue weighted by molar-refractivity contribution is -0.175. The van der Waals surface area contributed by atoms with Crippen LogP contribution in [0.3, 0.4) is 0 Å². The van der Waals surface area contributed by atoms with Crippen LogP contribution in [0.25, 0.3) is 0 Å². The first-order chi connectivity index (χ1) is 17.6. The molecule has 0 aliphatic heterocycles. The molecule has 1 aliphatic carbocycles. The summed E-state index contributed by atoms with van der Waals surface area (Å²) in [5, 5.41) is 10.5. The van der Waals surface area contributed by atoms with E-state index in [0.717, 1.165) is 0 Å². The Balaban J connectivity index is 2.83. The van der Waals surface area contributed by atoms with Crippen LogP contribution in [0.2, 0.25) is 0 Å². The minimum absolute atomic E-state index is 0.104. The zero-order chi connectivity index (χ0) is 30.4. The van der Waals surface area contributed by atoms with Gasteiger partial charge in [-0.3, -0.25) is 9.59 Å². The lowest BCUT2D eigenvalue weighted by Crippen LogP contribution is -2.54. The summed E-state index contributed by atoms with van der Waals surface area (Å²) in [4.78, 5) is 61.4. The van der Waals surface area contributed by atoms with Crippen LogP contribution < -0.4 is 5.32 Å². The highest BCUT2D eigenvalue weighted by molar-refractivity contribution is 6.01. The topological polar surface area (TPSA) is 139 Å². The number of carboxylic acids is 1. The van der Waals surface area contributed by atoms with Gasteiger partial charge in [0.2, 0.25) is 0 Å². The van der Waals surface area contributed by atoms with Crippen molar-refractivity contribution in [2.24, 2.45) is 5.92 Å². The molecule has 13 heteroatoms. The third kappa shape index (κ3) is 10.4. The van der Waals surface area contributed by atoms with E-state index in [1.165, 1.54) is 12.2 Å². The van der Waals surface area contributed by atoms with E-state index < -0.39 is 64.7 Å². The Hall–Kier alpha value is -3.30. The molecule has 0 saturated heterocycles. The van der Waals surface area contributed by atoms with E-state index in [9.17, 15) is 37.1 Å². The molecule has 0 unspecified atom stereocenters. The van der Waals surface area contributed by atoms with Gasteiger partial charge in [-0.05, 0) is 67.7 Å². The van der Waals surface area contributed by atoms with Gasteiger partial charge in [-0.15, -0.1) is 5.92 Å². The number of carboxylic acid groups (broad SMARTS) is 1. The van der Waals surface area contributed by atoms with Gasteiger partial charge in [0.05, 0.1) is 5.92 Å². The molecular weight excluding hydrogens is 525 g/mol. The van der Waals surface area contributed by atoms with Crippen LogP contribution in [-0.4, -0.2) is 68.8 Å². The van der Waals surface area contributed by atoms with Crippen LogP contribution in [-0.2, 0) is 23.9 Å². The van der Waals surface area contributed by atoms with Crippen molar-refractivity contribution in [1.29, 1.82) is 0 Å². The number of nitrogens with one attached hydrogen (secondary N) is 1. The number of imide groups is 1. The smallest absolute Gasteiger partial charge is 0.471 e. The van der Waals surface area contributed by atoms with E-state index in [4.69, 9.17) is 14.6 Å². The highest BCUT2D eigenvalue weighted by Crippen LogP contribution is 2.50. The fraction of sp³-hybridized carbons (Fsp3) is 0.731. The number of alkyl halides is 3. The molecule has 0 heterocycles. The fourth-order valence-electron chi connectivity index (χ4n) is 3.66. The Kier molecular flexibility index (Phi) is 11.0. The van der Waals surface area contributed by atoms with Crippen LogP contribution in [0.15, 0.2) is 0 Å². The molecule has 0 aromatic carbocycles. The molecule has 0 aromatic heterocycles. The largest absolute Gasteiger partial charge is 0.480 e. The number of nitrogens with zero attached hydrogens (tertiary/aromatic N) is 1. The van der Waals surface area contributed by atoms with Crippen LogP contribution in [0.4, 0.5) is 22.8 Å². The average molecular weight is 563 g/mol. The summed E-state index contributed by atoms with van der Waals surface area (Å²) in [7, 11) is 0. The van der Waals surface area contributed by atoms with Crippen molar-refractivity contribution >= 4 is 29.8 Å². The number of hydrogen-bond acceptors (Lipinski definition) is 7. The van der Waals surface area contributed by atoms with Gasteiger partial charge in [0.1, 0.15) is 22.8 Å². The Morgan fingerprint density at radius 1 is 0.974 bits per heavy atom. The van der Waals surface area contributed by atoms with Crippen LogP contribution in [0.5, 0.6) is 0 Å². The number of carbonyl (C=O) groups excluding carboxylic acids is 4. The highest BCUT2D eigenvalue weighted by Gasteiger charge is 2.66. The predicted molar refractivity (Wildman–Crippen MR) is 132 cm³/mol. The van der Waals surface area contributed by atoms with Gasteiger partial charge in [-0.2, -0.15) is 18.1 Å². The summed E-state index contributed by atoms with van der Waals surface area (Å²) in [5.74, 6) is 0.792. The first-order valence-electron chi connectivity index (χ1n) is 12.5. The maximum atomic E-state index is 13.0. The van der Waals surface area contributed by atoms with E-state index in [0.29, 0.717) is 24.2 Å². The highest BCUT2D eigenvalue weighted by atomic mass is 19.4. The first kappa shape index (κ1) is 33.7. The molecule has 0 spiro atoms. The third-order valence-corrected chi connectivity index (χ3v) is 5.52. The quantitative estimate of drug-likeness (QED) is 0.307. The molecule has 3 amide bonds. The minimum atomic E-state index is -5.18. The molecule has 2 N–H and O–H groups in total. The monoisotopic (exact) mass is 562 g/mol. The molecule has 0 radical (unpaired) electrons. The van der Waals surface area contributed by atoms with Crippen molar-refractivity contribution in [2.45, 2.75) is 116 Å². The van der Waals surface area contributed by atoms with Crippen molar-refractivity contribution in [1.82, 2.24) is 10.2 Å². The molecule has 39 heavy (non-hydrogen) atoms. The van der Waals surface area contributed by atoms with E-state index in [2.05, 4.69) is 11.8 Å². The minimum Gasteiger partial charge on any atom is -0.480 e. The molecule has 1 fully saturated rings. The van der Waals surface area contributed by atoms with Crippen molar-refractivity contribution in [2.75, 3.05) is 0 Å². The van der Waals surface area contributed by atoms with E-state index in [1.54, 1.807) is 41.5 Å². The number of amides is 3. The molecule has 0 aromatic rings. The van der Waals surface area contributed by atoms with Gasteiger partial charge in [0.25, 0.3) is 0 Å². The standard InChI is InChI=1S/C26H37F3N2O8/c1-16(32)25(31(21(36)38-23(2,3)4)22(37)39-24(5,6)7)15-17(25)13-11-9-8-10-12-14-18(19(33)34)30-20(35)26(27,28)29/h17-18H,8-10,12,14-15H2,1-7H3,(H,30,35)(H,33,34)/t17-,18+,25+/m1/s1. The molecule has 1 saturated carbocycles. The lowest BCUT2D eigenvalue weighted by Gasteiger charge is -2.32. The second kappa shape index (κ2) is 12.7. The van der Waals surface area contributed by atoms with Gasteiger partial charge >= 0.3 is 30.2 Å². The van der Waals surface area contributed by atoms with E-state index in [-0.39, 0.29) is 19.3 Å². The number of Topliss-reactive ketones (excluding diaryl/α,β-unsaturated/α-hetero) is 1. The van der Waals surface area contributed by atoms with E-state index in [1.807, 2.05) is 0 Å². The van der Waals surface area contributed by atoms with Crippen molar-refractivity contribution in [3.05, 3.63) is 0 Å². The summed E-state index contributed by atoms with van der Waals surface area (Å²) in [5.41, 5.74) is -3.43. The number of hydrogen-bond donors (Lipinski definition) is 2. The Bertz CT molecular complexity index is 989. The zero-order valence-electron chi connectivity index (χ0n) is 23.3. The van der Waals surface area contributed by atoms with Crippen molar-refractivity contribution in [3.8, 4) is 11.8 Å². The normalized spacial score (nSPS) is 19.6. The summed E-state index contributed by atoms with van der Waals surface area (Å²) >= 11 is 0. The zero-order valence-corrected chi connectivity index (χ0v) is 23.3. The number of unbranched alkanes of at least 4 members (excludes halogenated alkanes) is 3. The molecule has 0 bridgehead atoms. The van der Waals surface area contributed by atoms with Gasteiger partial charge in [-0.25, -0.2) is 14.4 Å². The maximum absolute atomic E-state index is 13.0. The molecule has 1 rings (SSSR count). The van der Waals surface area contributed by atoms with Crippen LogP contribution in [0, 0.1) is 17.8 Å². The fourth-order valence-corrected chi connectivity index (χ4v) is 3.66. The van der Waals surface area contributed by atoms with Crippen molar-refractivity contribution in [3.63, 3.8) is 0 Å². The lowest BCUT2D eigenvalue weighted by atomic mass is 10.1. The summed E-state index contributed by atoms with van der Waals surface area (Å²) in [6.45, 7) is 11.0. The second-order valence-corrected chi connectivity index (χ2v) is 11.3. The SMILES string of the molecule is CC(=O)[C@@]1(N(C(=O)OC(C)(C)C)C(=O)OC(C)(C)C)C[C@H]1C#CCCCCC[C@H](NC(=O)C(F)(F)F)C(=O)O. The number of halogens is 3. The van der Waals surface area contributed by atoms with Gasteiger partial charge in [-0.1, -0.05) is 18.8 Å². The van der Waals surface area contributed by atoms with Crippen molar-refractivity contribution < 1.29 is 51.7 Å². The number of carbonyl (C=O) groups is 5. The molecule has 3 atom stereocenters. The summed E-state index contributed by atoms with van der Waals surface area (Å²) < 4.78 is 47.8. The van der Waals surface area contributed by atoms with Crippen LogP contribution >= 0.6 is 0 Å². The molecule has 1 aliphatic rings. The predicted octanol–water partition coefficient (Wildman–Crippen LogP) is 4.59. The van der Waals surface area contributed by atoms with E-state index >= 15 is 0 Å². The summed E-state index contributed by atoms with van der Waals surface area (Å²) in [6.07, 6.45) is -5.89. The first-order valence-corrected chi connectivity index (χ1v) is 12.5. The maximum Gasteiger partial charge on any atom is 0.471 e.